The molecule has 0 spiro atoms. The van der Waals surface area contributed by atoms with Crippen molar-refractivity contribution in [3.63, 3.8) is 0 Å². The maximum Gasteiger partial charge on any atom is 0.270 e. The summed E-state index contributed by atoms with van der Waals surface area (Å²) in [6, 6.07) is 9.28. The van der Waals surface area contributed by atoms with E-state index < -0.39 is 0 Å². The van der Waals surface area contributed by atoms with Gasteiger partial charge < -0.3 is 10.6 Å². The minimum Gasteiger partial charge on any atom is -0.370 e. The van der Waals surface area contributed by atoms with E-state index in [-0.39, 0.29) is 5.91 Å². The number of hydrogen-bond donors (Lipinski definition) is 2. The number of nitrogens with zero attached hydrogens (tertiary/aromatic N) is 2. The lowest BCUT2D eigenvalue weighted by molar-refractivity contribution is 0.0949. The second-order valence-electron chi connectivity index (χ2n) is 6.03. The molecule has 2 aromatic rings. The van der Waals surface area contributed by atoms with Crippen LogP contribution in [0, 0.1) is 5.92 Å². The molecule has 0 saturated carbocycles. The van der Waals surface area contributed by atoms with Gasteiger partial charge in [-0.2, -0.15) is 0 Å². The molecule has 0 saturated heterocycles. The third-order valence-electron chi connectivity index (χ3n) is 3.54. The summed E-state index contributed by atoms with van der Waals surface area (Å²) in [4.78, 5) is 20.4. The summed E-state index contributed by atoms with van der Waals surface area (Å²) in [5.74, 6) is 1.10. The number of aromatic nitrogens is 2. The van der Waals surface area contributed by atoms with Crippen molar-refractivity contribution in [2.75, 3.05) is 18.4 Å². The van der Waals surface area contributed by atoms with Gasteiger partial charge in [-0.1, -0.05) is 37.6 Å². The van der Waals surface area contributed by atoms with Gasteiger partial charge in [-0.25, -0.2) is 9.97 Å². The number of amides is 1. The second kappa shape index (κ2) is 9.23. The molecule has 0 fully saturated rings. The fourth-order valence-electron chi connectivity index (χ4n) is 2.13. The Morgan fingerprint density at radius 1 is 1.17 bits per heavy atom. The van der Waals surface area contributed by atoms with Gasteiger partial charge in [-0.15, -0.1) is 0 Å². The molecular weight excluding hydrogens is 324 g/mol. The van der Waals surface area contributed by atoms with Gasteiger partial charge in [0, 0.05) is 24.2 Å². The smallest absolute Gasteiger partial charge is 0.270 e. The van der Waals surface area contributed by atoms with Crippen LogP contribution in [-0.4, -0.2) is 29.0 Å². The molecule has 24 heavy (non-hydrogen) atoms. The Balaban J connectivity index is 1.82. The van der Waals surface area contributed by atoms with Crippen LogP contribution in [-0.2, 0) is 6.42 Å². The lowest BCUT2D eigenvalue weighted by atomic mass is 10.1. The van der Waals surface area contributed by atoms with Crippen molar-refractivity contribution in [2.24, 2.45) is 5.92 Å². The summed E-state index contributed by atoms with van der Waals surface area (Å²) < 4.78 is 0. The lowest BCUT2D eigenvalue weighted by Crippen LogP contribution is -2.26. The molecule has 0 aliphatic rings. The summed E-state index contributed by atoms with van der Waals surface area (Å²) in [6.07, 6.45) is 3.20. The first kappa shape index (κ1) is 18.2. The average Bonchev–Trinajstić information content (AvgIpc) is 2.56. The molecule has 0 aliphatic heterocycles. The van der Waals surface area contributed by atoms with Crippen LogP contribution in [0.2, 0.25) is 5.02 Å². The minimum absolute atomic E-state index is 0.196. The first-order valence-corrected chi connectivity index (χ1v) is 8.51. The number of rotatable bonds is 8. The fourth-order valence-corrected chi connectivity index (χ4v) is 2.26. The van der Waals surface area contributed by atoms with Crippen LogP contribution >= 0.6 is 11.6 Å². The van der Waals surface area contributed by atoms with Gasteiger partial charge in [0.1, 0.15) is 17.8 Å². The van der Waals surface area contributed by atoms with Crippen molar-refractivity contribution < 1.29 is 4.79 Å². The van der Waals surface area contributed by atoms with Crippen LogP contribution in [0.4, 0.5) is 5.82 Å². The summed E-state index contributed by atoms with van der Waals surface area (Å²) in [6.45, 7) is 5.70. The monoisotopic (exact) mass is 346 g/mol. The van der Waals surface area contributed by atoms with Gasteiger partial charge in [-0.05, 0) is 36.5 Å². The summed E-state index contributed by atoms with van der Waals surface area (Å²) in [5, 5.41) is 6.80. The predicted molar refractivity (Wildman–Crippen MR) is 97.5 cm³/mol. The molecule has 6 heteroatoms. The third-order valence-corrected chi connectivity index (χ3v) is 3.79. The van der Waals surface area contributed by atoms with Crippen molar-refractivity contribution in [1.29, 1.82) is 0 Å². The maximum atomic E-state index is 12.2. The standard InChI is InChI=1S/C18H23ClN4O/c1-13(2)7-9-20-17-11-16(22-12-23-17)18(24)21-10-8-14-3-5-15(19)6-4-14/h3-6,11-13H,7-10H2,1-2H3,(H,21,24)(H,20,22,23). The van der Waals surface area contributed by atoms with E-state index in [0.29, 0.717) is 29.0 Å². The van der Waals surface area contributed by atoms with E-state index in [2.05, 4.69) is 34.4 Å². The quantitative estimate of drug-likeness (QED) is 0.767. The van der Waals surface area contributed by atoms with E-state index in [1.54, 1.807) is 6.07 Å². The van der Waals surface area contributed by atoms with Crippen molar-refractivity contribution in [3.8, 4) is 0 Å². The zero-order valence-electron chi connectivity index (χ0n) is 14.1. The van der Waals surface area contributed by atoms with Crippen LogP contribution in [0.15, 0.2) is 36.7 Å². The first-order chi connectivity index (χ1) is 11.5. The van der Waals surface area contributed by atoms with Crippen molar-refractivity contribution in [3.05, 3.63) is 52.9 Å². The van der Waals surface area contributed by atoms with E-state index >= 15 is 0 Å². The molecule has 128 valence electrons. The highest BCUT2D eigenvalue weighted by Crippen LogP contribution is 2.10. The predicted octanol–water partition coefficient (Wildman–Crippen LogP) is 3.56. The van der Waals surface area contributed by atoms with Crippen molar-refractivity contribution >= 4 is 23.3 Å². The Labute approximate surface area is 147 Å². The van der Waals surface area contributed by atoms with E-state index in [1.807, 2.05) is 24.3 Å². The Hall–Kier alpha value is -2.14. The highest BCUT2D eigenvalue weighted by atomic mass is 35.5. The van der Waals surface area contributed by atoms with E-state index in [4.69, 9.17) is 11.6 Å². The number of benzene rings is 1. The molecule has 0 atom stereocenters. The minimum atomic E-state index is -0.196. The van der Waals surface area contributed by atoms with Crippen molar-refractivity contribution in [1.82, 2.24) is 15.3 Å². The molecule has 0 radical (unpaired) electrons. The Bertz CT molecular complexity index is 658. The Kier molecular flexibility index (Phi) is 7.00. The Morgan fingerprint density at radius 3 is 2.62 bits per heavy atom. The lowest BCUT2D eigenvalue weighted by Gasteiger charge is -2.09. The molecule has 2 rings (SSSR count). The van der Waals surface area contributed by atoms with Gasteiger partial charge in [0.15, 0.2) is 0 Å². The maximum absolute atomic E-state index is 12.2. The highest BCUT2D eigenvalue weighted by Gasteiger charge is 2.08. The molecule has 0 unspecified atom stereocenters. The normalized spacial score (nSPS) is 10.7. The number of hydrogen-bond acceptors (Lipinski definition) is 4. The van der Waals surface area contributed by atoms with Crippen LogP contribution in [0.1, 0.15) is 36.3 Å². The van der Waals surface area contributed by atoms with Crippen LogP contribution in [0.5, 0.6) is 0 Å². The molecule has 0 aliphatic carbocycles. The van der Waals surface area contributed by atoms with Crippen LogP contribution in [0.25, 0.3) is 0 Å². The Morgan fingerprint density at radius 2 is 1.92 bits per heavy atom. The van der Waals surface area contributed by atoms with E-state index in [9.17, 15) is 4.79 Å². The van der Waals surface area contributed by atoms with Crippen LogP contribution < -0.4 is 10.6 Å². The molecule has 1 amide bonds. The van der Waals surface area contributed by atoms with Gasteiger partial charge >= 0.3 is 0 Å². The zero-order chi connectivity index (χ0) is 17.4. The van der Waals surface area contributed by atoms with E-state index in [0.717, 1.165) is 24.9 Å². The van der Waals surface area contributed by atoms with Gasteiger partial charge in [0.25, 0.3) is 5.91 Å². The highest BCUT2D eigenvalue weighted by molar-refractivity contribution is 6.30. The SMILES string of the molecule is CC(C)CCNc1cc(C(=O)NCCc2ccc(Cl)cc2)ncn1. The molecule has 5 nitrogen and oxygen atoms in total. The summed E-state index contributed by atoms with van der Waals surface area (Å²) in [5.41, 5.74) is 1.49. The van der Waals surface area contributed by atoms with Gasteiger partial charge in [0.2, 0.25) is 0 Å². The topological polar surface area (TPSA) is 66.9 Å². The molecule has 1 aromatic carbocycles. The number of carbonyl (C=O) groups excluding carboxylic acids is 1. The van der Waals surface area contributed by atoms with Gasteiger partial charge in [-0.3, -0.25) is 4.79 Å². The fraction of sp³-hybridized carbons (Fsp3) is 0.389. The summed E-state index contributed by atoms with van der Waals surface area (Å²) in [7, 11) is 0. The van der Waals surface area contributed by atoms with Gasteiger partial charge in [0.05, 0.1) is 0 Å². The van der Waals surface area contributed by atoms with Crippen molar-refractivity contribution in [2.45, 2.75) is 26.7 Å². The molecule has 2 N–H and O–H groups in total. The number of anilines is 1. The number of halogens is 1. The number of nitrogens with one attached hydrogen (secondary N) is 2. The first-order valence-electron chi connectivity index (χ1n) is 8.13. The molecule has 0 bridgehead atoms. The second-order valence-corrected chi connectivity index (χ2v) is 6.47. The van der Waals surface area contributed by atoms with E-state index in [1.165, 1.54) is 6.33 Å². The molecule has 1 heterocycles. The molecular formula is C18H23ClN4O. The summed E-state index contributed by atoms with van der Waals surface area (Å²) >= 11 is 5.85. The number of carbonyl (C=O) groups is 1. The molecule has 1 aromatic heterocycles. The largest absolute Gasteiger partial charge is 0.370 e. The zero-order valence-corrected chi connectivity index (χ0v) is 14.8. The average molecular weight is 347 g/mol. The van der Waals surface area contributed by atoms with Crippen LogP contribution in [0.3, 0.4) is 0 Å². The third kappa shape index (κ3) is 6.16.